The number of hydrogen-bond acceptors (Lipinski definition) is 3. The topological polar surface area (TPSA) is 48.9 Å². The Balaban J connectivity index is 2.87. The second kappa shape index (κ2) is 4.33. The number of rotatable bonds is 1. The van der Waals surface area contributed by atoms with Crippen molar-refractivity contribution in [3.8, 4) is 5.69 Å². The molecule has 0 fully saturated rings. The van der Waals surface area contributed by atoms with Gasteiger partial charge in [0.1, 0.15) is 5.82 Å². The molecule has 1 aromatic heterocycles. The van der Waals surface area contributed by atoms with Crippen molar-refractivity contribution >= 4 is 24.2 Å². The van der Waals surface area contributed by atoms with Crippen LogP contribution in [0.3, 0.4) is 0 Å². The van der Waals surface area contributed by atoms with E-state index in [0.29, 0.717) is 4.57 Å². The van der Waals surface area contributed by atoms with Crippen LogP contribution in [0.15, 0.2) is 26.6 Å². The lowest BCUT2D eigenvalue weighted by Gasteiger charge is -2.04. The average molecular weight is 290 g/mol. The van der Waals surface area contributed by atoms with Crippen LogP contribution in [-0.4, -0.2) is 13.9 Å². The number of nitrogens with zero attached hydrogens (tertiary/aromatic N) is 3. The molecule has 8 heteroatoms. The van der Waals surface area contributed by atoms with Crippen molar-refractivity contribution in [2.24, 2.45) is 14.1 Å². The van der Waals surface area contributed by atoms with Gasteiger partial charge < -0.3 is 0 Å². The van der Waals surface area contributed by atoms with Gasteiger partial charge in [-0.1, -0.05) is 11.6 Å². The van der Waals surface area contributed by atoms with Crippen LogP contribution in [0, 0.1) is 5.82 Å². The largest absolute Gasteiger partial charge is 0.351 e. The zero-order valence-electron chi connectivity index (χ0n) is 9.52. The minimum Gasteiger partial charge on any atom is -0.246 e. The Morgan fingerprint density at radius 3 is 2.17 bits per heavy atom. The molecule has 2 rings (SSSR count). The Morgan fingerprint density at radius 2 is 1.67 bits per heavy atom. The SMILES string of the molecule is Cn1c(=O)n(-c2cc(Cl)c(S)cc2F)c(=O)n1C. The Labute approximate surface area is 111 Å². The third-order valence-corrected chi connectivity index (χ3v) is 3.46. The highest BCUT2D eigenvalue weighted by Crippen LogP contribution is 2.24. The summed E-state index contributed by atoms with van der Waals surface area (Å²) in [5.41, 5.74) is -1.49. The highest BCUT2D eigenvalue weighted by Gasteiger charge is 2.17. The summed E-state index contributed by atoms with van der Waals surface area (Å²) >= 11 is 9.77. The highest BCUT2D eigenvalue weighted by atomic mass is 35.5. The lowest BCUT2D eigenvalue weighted by molar-refractivity contribution is 0.565. The van der Waals surface area contributed by atoms with Gasteiger partial charge in [-0.25, -0.2) is 27.9 Å². The molecule has 0 N–H and O–H groups in total. The first-order valence-corrected chi connectivity index (χ1v) is 5.70. The molecule has 2 aromatic rings. The van der Waals surface area contributed by atoms with Crippen molar-refractivity contribution in [3.05, 3.63) is 43.9 Å². The van der Waals surface area contributed by atoms with E-state index in [0.717, 1.165) is 15.4 Å². The van der Waals surface area contributed by atoms with Gasteiger partial charge in [0.15, 0.2) is 0 Å². The van der Waals surface area contributed by atoms with E-state index < -0.39 is 17.2 Å². The van der Waals surface area contributed by atoms with Crippen LogP contribution in [0.5, 0.6) is 0 Å². The van der Waals surface area contributed by atoms with Gasteiger partial charge in [0.25, 0.3) is 0 Å². The molecule has 0 saturated heterocycles. The fraction of sp³-hybridized carbons (Fsp3) is 0.200. The summed E-state index contributed by atoms with van der Waals surface area (Å²) in [5.74, 6) is -0.741. The van der Waals surface area contributed by atoms with Crippen molar-refractivity contribution in [1.82, 2.24) is 13.9 Å². The van der Waals surface area contributed by atoms with Crippen molar-refractivity contribution in [2.75, 3.05) is 0 Å². The van der Waals surface area contributed by atoms with Crippen LogP contribution >= 0.6 is 24.2 Å². The van der Waals surface area contributed by atoms with E-state index in [2.05, 4.69) is 12.6 Å². The summed E-state index contributed by atoms with van der Waals surface area (Å²) in [6.45, 7) is 0. The molecule has 0 bridgehead atoms. The smallest absolute Gasteiger partial charge is 0.246 e. The van der Waals surface area contributed by atoms with E-state index in [1.165, 1.54) is 20.2 Å². The molecule has 0 aliphatic carbocycles. The maximum absolute atomic E-state index is 13.8. The van der Waals surface area contributed by atoms with Gasteiger partial charge in [-0.2, -0.15) is 0 Å². The summed E-state index contributed by atoms with van der Waals surface area (Å²) in [5, 5.41) is 0.160. The van der Waals surface area contributed by atoms with E-state index in [1.54, 1.807) is 0 Å². The quantitative estimate of drug-likeness (QED) is 0.795. The summed E-state index contributed by atoms with van der Waals surface area (Å²) in [6, 6.07) is 2.25. The molecule has 0 aliphatic rings. The molecule has 0 unspecified atom stereocenters. The van der Waals surface area contributed by atoms with Crippen LogP contribution in [0.1, 0.15) is 0 Å². The van der Waals surface area contributed by atoms with Gasteiger partial charge in [0, 0.05) is 19.0 Å². The number of benzene rings is 1. The molecule has 0 radical (unpaired) electrons. The molecular weight excluding hydrogens is 281 g/mol. The molecule has 18 heavy (non-hydrogen) atoms. The first-order chi connectivity index (χ1) is 8.34. The summed E-state index contributed by atoms with van der Waals surface area (Å²) in [7, 11) is 2.82. The Bertz CT molecular complexity index is 713. The molecule has 0 spiro atoms. The van der Waals surface area contributed by atoms with Gasteiger partial charge in [-0.05, 0) is 12.1 Å². The van der Waals surface area contributed by atoms with Crippen molar-refractivity contribution in [2.45, 2.75) is 4.90 Å². The molecule has 5 nitrogen and oxygen atoms in total. The van der Waals surface area contributed by atoms with Gasteiger partial charge in [0.05, 0.1) is 10.7 Å². The first kappa shape index (κ1) is 13.0. The monoisotopic (exact) mass is 289 g/mol. The Kier molecular flexibility index (Phi) is 3.12. The lowest BCUT2D eigenvalue weighted by Crippen LogP contribution is -2.27. The average Bonchev–Trinajstić information content (AvgIpc) is 2.50. The maximum Gasteiger partial charge on any atom is 0.351 e. The number of halogens is 2. The summed E-state index contributed by atoms with van der Waals surface area (Å²) < 4.78 is 16.7. The van der Waals surface area contributed by atoms with E-state index in [-0.39, 0.29) is 15.6 Å². The molecule has 0 saturated carbocycles. The highest BCUT2D eigenvalue weighted by molar-refractivity contribution is 7.80. The van der Waals surface area contributed by atoms with Gasteiger partial charge >= 0.3 is 11.4 Å². The van der Waals surface area contributed by atoms with Crippen molar-refractivity contribution in [3.63, 3.8) is 0 Å². The third-order valence-electron chi connectivity index (χ3n) is 2.64. The van der Waals surface area contributed by atoms with Crippen molar-refractivity contribution < 1.29 is 4.39 Å². The Hall–Kier alpha value is -1.47. The minimum absolute atomic E-state index is 0.160. The minimum atomic E-state index is -0.741. The molecule has 0 amide bonds. The van der Waals surface area contributed by atoms with E-state index in [1.807, 2.05) is 0 Å². The number of thiol groups is 1. The van der Waals surface area contributed by atoms with Crippen molar-refractivity contribution in [1.29, 1.82) is 0 Å². The number of aromatic nitrogens is 3. The third kappa shape index (κ3) is 1.79. The molecule has 0 aliphatic heterocycles. The zero-order chi connectivity index (χ0) is 13.6. The van der Waals surface area contributed by atoms with Gasteiger partial charge in [-0.15, -0.1) is 12.6 Å². The van der Waals surface area contributed by atoms with Crippen LogP contribution < -0.4 is 11.4 Å². The molecule has 1 heterocycles. The van der Waals surface area contributed by atoms with Gasteiger partial charge in [-0.3, -0.25) is 0 Å². The second-order valence-corrected chi connectivity index (χ2v) is 4.59. The standard InChI is InChI=1S/C10H9ClFN3O2S/c1-13-9(16)15(10(17)14(13)2)7-3-5(11)8(18)4-6(7)12/h3-4,18H,1-2H3. The van der Waals surface area contributed by atoms with Crippen LogP contribution in [0.2, 0.25) is 5.02 Å². The van der Waals surface area contributed by atoms with Crippen LogP contribution in [-0.2, 0) is 14.1 Å². The predicted molar refractivity (Wildman–Crippen MR) is 68.5 cm³/mol. The molecule has 1 aromatic carbocycles. The van der Waals surface area contributed by atoms with E-state index in [9.17, 15) is 14.0 Å². The first-order valence-electron chi connectivity index (χ1n) is 4.88. The van der Waals surface area contributed by atoms with E-state index >= 15 is 0 Å². The molecule has 0 atom stereocenters. The molecular formula is C10H9ClFN3O2S. The van der Waals surface area contributed by atoms with Gasteiger partial charge in [0.2, 0.25) is 0 Å². The second-order valence-electron chi connectivity index (χ2n) is 3.70. The Morgan fingerprint density at radius 1 is 1.17 bits per heavy atom. The molecule has 96 valence electrons. The van der Waals surface area contributed by atoms with Crippen LogP contribution in [0.4, 0.5) is 4.39 Å². The number of hydrogen-bond donors (Lipinski definition) is 1. The maximum atomic E-state index is 13.8. The fourth-order valence-corrected chi connectivity index (χ4v) is 1.87. The zero-order valence-corrected chi connectivity index (χ0v) is 11.2. The summed E-state index contributed by atoms with van der Waals surface area (Å²) in [4.78, 5) is 23.9. The normalized spacial score (nSPS) is 10.9. The van der Waals surface area contributed by atoms with E-state index in [4.69, 9.17) is 11.6 Å². The fourth-order valence-electron chi connectivity index (χ4n) is 1.53. The summed E-state index contributed by atoms with van der Waals surface area (Å²) in [6.07, 6.45) is 0. The lowest BCUT2D eigenvalue weighted by atomic mass is 10.3. The predicted octanol–water partition coefficient (Wildman–Crippen LogP) is 0.956. The van der Waals surface area contributed by atoms with Crippen LogP contribution in [0.25, 0.3) is 5.69 Å².